The van der Waals surface area contributed by atoms with Gasteiger partial charge in [-0.2, -0.15) is 10.4 Å². The molecule has 34 heavy (non-hydrogen) atoms. The summed E-state index contributed by atoms with van der Waals surface area (Å²) in [6.07, 6.45) is 7.52. The van der Waals surface area contributed by atoms with E-state index in [1.807, 2.05) is 55.4 Å². The fourth-order valence-corrected chi connectivity index (χ4v) is 4.21. The van der Waals surface area contributed by atoms with Crippen LogP contribution >= 0.6 is 35.1 Å². The topological polar surface area (TPSA) is 88.6 Å². The number of nitriles is 1. The molecule has 4 rings (SSSR count). The van der Waals surface area contributed by atoms with Crippen molar-refractivity contribution in [2.24, 2.45) is 0 Å². The predicted octanol–water partition coefficient (Wildman–Crippen LogP) is 6.11. The number of ether oxygens (including phenoxy) is 1. The van der Waals surface area contributed by atoms with Gasteiger partial charge in [0.05, 0.1) is 33.7 Å². The van der Waals surface area contributed by atoms with E-state index in [0.717, 1.165) is 27.6 Å². The van der Waals surface area contributed by atoms with Crippen molar-refractivity contribution in [1.82, 2.24) is 19.7 Å². The molecule has 0 spiro atoms. The molecule has 0 aliphatic heterocycles. The van der Waals surface area contributed by atoms with Gasteiger partial charge in [-0.1, -0.05) is 29.6 Å². The van der Waals surface area contributed by atoms with Crippen molar-refractivity contribution in [2.75, 3.05) is 23.5 Å². The van der Waals surface area contributed by atoms with Gasteiger partial charge in [-0.05, 0) is 49.2 Å². The van der Waals surface area contributed by atoms with Gasteiger partial charge in [0.25, 0.3) is 0 Å². The smallest absolute Gasteiger partial charge is 0.233 e. The third kappa shape index (κ3) is 4.78. The molecule has 2 aromatic carbocycles. The Kier molecular flexibility index (Phi) is 7.17. The number of hydrogen-bond acceptors (Lipinski definition) is 7. The summed E-state index contributed by atoms with van der Waals surface area (Å²) in [5.74, 6) is 1.23. The van der Waals surface area contributed by atoms with Gasteiger partial charge in [-0.15, -0.1) is 11.6 Å². The third-order valence-corrected chi connectivity index (χ3v) is 6.28. The second kappa shape index (κ2) is 10.1. The zero-order chi connectivity index (χ0) is 24.3. The van der Waals surface area contributed by atoms with Crippen LogP contribution < -0.4 is 9.46 Å². The highest BCUT2D eigenvalue weighted by atomic mass is 35.5. The van der Waals surface area contributed by atoms with E-state index < -0.39 is 5.54 Å². The largest absolute Gasteiger partial charge is 0.489 e. The van der Waals surface area contributed by atoms with Crippen molar-refractivity contribution in [3.8, 4) is 22.9 Å². The Balaban J connectivity index is 1.66. The average Bonchev–Trinajstić information content (AvgIpc) is 3.34. The highest BCUT2D eigenvalue weighted by Gasteiger charge is 2.27. The lowest BCUT2D eigenvalue weighted by Gasteiger charge is -2.27. The zero-order valence-corrected chi connectivity index (χ0v) is 21.2. The van der Waals surface area contributed by atoms with Gasteiger partial charge in [-0.3, -0.25) is 9.40 Å². The zero-order valence-electron chi connectivity index (χ0n) is 18.8. The van der Waals surface area contributed by atoms with Crippen LogP contribution in [0.4, 0.5) is 5.95 Å². The van der Waals surface area contributed by atoms with Crippen LogP contribution in [-0.2, 0) is 5.54 Å². The summed E-state index contributed by atoms with van der Waals surface area (Å²) in [5.41, 5.74) is 3.44. The molecule has 0 aliphatic carbocycles. The summed E-state index contributed by atoms with van der Waals surface area (Å²) in [6.45, 7) is 4.31. The van der Waals surface area contributed by atoms with Crippen LogP contribution in [0.5, 0.6) is 5.75 Å². The number of benzene rings is 2. The van der Waals surface area contributed by atoms with Gasteiger partial charge in [0.15, 0.2) is 5.75 Å². The van der Waals surface area contributed by atoms with Crippen LogP contribution in [0.2, 0.25) is 5.02 Å². The van der Waals surface area contributed by atoms with Crippen molar-refractivity contribution in [3.05, 3.63) is 65.1 Å². The van der Waals surface area contributed by atoms with Crippen LogP contribution in [0.15, 0.2) is 48.9 Å². The molecule has 0 radical (unpaired) electrons. The molecule has 0 unspecified atom stereocenters. The highest BCUT2D eigenvalue weighted by molar-refractivity contribution is 7.99. The van der Waals surface area contributed by atoms with Crippen LogP contribution in [0.25, 0.3) is 22.0 Å². The SMILES string of the molecule is CSNc1ncc2cc(-c3cnn(C(C)(C)c4cc(Cl)c(OCCCl)c(C#N)c4)c3)ccc2n1. The first kappa shape index (κ1) is 24.1. The van der Waals surface area contributed by atoms with Gasteiger partial charge in [-0.25, -0.2) is 9.97 Å². The maximum absolute atomic E-state index is 9.63. The van der Waals surface area contributed by atoms with Crippen LogP contribution in [0.1, 0.15) is 25.0 Å². The Morgan fingerprint density at radius 1 is 1.21 bits per heavy atom. The second-order valence-electron chi connectivity index (χ2n) is 7.99. The van der Waals surface area contributed by atoms with Gasteiger partial charge in [0.1, 0.15) is 12.7 Å². The van der Waals surface area contributed by atoms with E-state index in [2.05, 4.69) is 25.9 Å². The molecule has 0 saturated carbocycles. The number of nitrogens with zero attached hydrogens (tertiary/aromatic N) is 5. The number of nitrogens with one attached hydrogen (secondary N) is 1. The summed E-state index contributed by atoms with van der Waals surface area (Å²) < 4.78 is 10.5. The van der Waals surface area contributed by atoms with Crippen molar-refractivity contribution >= 4 is 52.0 Å². The number of hydrogen-bond donors (Lipinski definition) is 1. The van der Waals surface area contributed by atoms with E-state index in [1.165, 1.54) is 11.9 Å². The normalized spacial score (nSPS) is 11.4. The molecule has 0 atom stereocenters. The van der Waals surface area contributed by atoms with Crippen LogP contribution in [-0.4, -0.2) is 38.5 Å². The van der Waals surface area contributed by atoms with Crippen molar-refractivity contribution in [1.29, 1.82) is 5.26 Å². The van der Waals surface area contributed by atoms with Gasteiger partial charge in [0.2, 0.25) is 5.95 Å². The minimum Gasteiger partial charge on any atom is -0.489 e. The monoisotopic (exact) mass is 512 g/mol. The molecule has 174 valence electrons. The first-order valence-corrected chi connectivity index (χ1v) is 12.6. The molecule has 10 heteroatoms. The summed E-state index contributed by atoms with van der Waals surface area (Å²) in [4.78, 5) is 8.86. The molecule has 0 saturated heterocycles. The minimum absolute atomic E-state index is 0.271. The van der Waals surface area contributed by atoms with Gasteiger partial charge in [0, 0.05) is 29.6 Å². The third-order valence-electron chi connectivity index (χ3n) is 5.46. The molecule has 1 N–H and O–H groups in total. The molecular weight excluding hydrogens is 491 g/mol. The lowest BCUT2D eigenvalue weighted by molar-refractivity contribution is 0.340. The van der Waals surface area contributed by atoms with Crippen molar-refractivity contribution in [3.63, 3.8) is 0 Å². The van der Waals surface area contributed by atoms with E-state index in [-0.39, 0.29) is 6.61 Å². The Morgan fingerprint density at radius 3 is 2.76 bits per heavy atom. The van der Waals surface area contributed by atoms with Crippen LogP contribution in [0.3, 0.4) is 0 Å². The standard InChI is InChI=1S/C24H22Cl2N6OS/c1-24(2,19-9-16(11-27)22(20(26)10-19)33-7-6-25)32-14-18(13-29-32)15-4-5-21-17(8-15)12-28-23(30-21)31-34-3/h4-5,8-10,12-14H,6-7H2,1-3H3,(H,28,30,31). The Labute approximate surface area is 212 Å². The molecule has 0 aliphatic rings. The fraction of sp³-hybridized carbons (Fsp3) is 0.250. The Morgan fingerprint density at radius 2 is 2.03 bits per heavy atom. The molecule has 7 nitrogen and oxygen atoms in total. The summed E-state index contributed by atoms with van der Waals surface area (Å²) in [6, 6.07) is 11.8. The average molecular weight is 513 g/mol. The Hall–Kier alpha value is -2.99. The van der Waals surface area contributed by atoms with E-state index in [9.17, 15) is 5.26 Å². The molecule has 2 heterocycles. The molecule has 0 fully saturated rings. The Bertz CT molecular complexity index is 1380. The molecule has 4 aromatic rings. The van der Waals surface area contributed by atoms with Gasteiger partial charge < -0.3 is 4.74 Å². The van der Waals surface area contributed by atoms with E-state index in [1.54, 1.807) is 18.3 Å². The summed E-state index contributed by atoms with van der Waals surface area (Å²) in [5, 5.41) is 15.5. The molecule has 0 amide bonds. The van der Waals surface area contributed by atoms with E-state index in [4.69, 9.17) is 27.9 Å². The molecule has 2 aromatic heterocycles. The number of rotatable bonds is 8. The lowest BCUT2D eigenvalue weighted by Crippen LogP contribution is -2.28. The lowest BCUT2D eigenvalue weighted by atomic mass is 9.92. The second-order valence-corrected chi connectivity index (χ2v) is 9.39. The number of fused-ring (bicyclic) bond motifs is 1. The maximum atomic E-state index is 9.63. The predicted molar refractivity (Wildman–Crippen MR) is 139 cm³/mol. The van der Waals surface area contributed by atoms with Gasteiger partial charge >= 0.3 is 0 Å². The van der Waals surface area contributed by atoms with E-state index >= 15 is 0 Å². The number of anilines is 1. The number of alkyl halides is 1. The maximum Gasteiger partial charge on any atom is 0.233 e. The number of halogens is 2. The molecular formula is C24H22Cl2N6OS. The van der Waals surface area contributed by atoms with Crippen LogP contribution in [0, 0.1) is 11.3 Å². The number of aromatic nitrogens is 4. The fourth-order valence-electron chi connectivity index (χ4n) is 3.58. The van der Waals surface area contributed by atoms with E-state index in [0.29, 0.717) is 28.2 Å². The quantitative estimate of drug-likeness (QED) is 0.225. The first-order valence-electron chi connectivity index (χ1n) is 10.4. The first-order chi connectivity index (χ1) is 16.4. The minimum atomic E-state index is -0.573. The highest BCUT2D eigenvalue weighted by Crippen LogP contribution is 2.36. The molecule has 0 bridgehead atoms. The summed E-state index contributed by atoms with van der Waals surface area (Å²) in [7, 11) is 0. The van der Waals surface area contributed by atoms with Crippen molar-refractivity contribution < 1.29 is 4.74 Å². The summed E-state index contributed by atoms with van der Waals surface area (Å²) >= 11 is 13.6. The van der Waals surface area contributed by atoms with Crippen molar-refractivity contribution in [2.45, 2.75) is 19.4 Å².